The van der Waals surface area contributed by atoms with E-state index in [9.17, 15) is 0 Å². The highest BCUT2D eigenvalue weighted by atomic mass is 35.5. The van der Waals surface area contributed by atoms with Crippen LogP contribution in [0.3, 0.4) is 0 Å². The van der Waals surface area contributed by atoms with Gasteiger partial charge in [-0.15, -0.1) is 0 Å². The molecule has 1 nitrogen and oxygen atoms in total. The Labute approximate surface area is 110 Å². The van der Waals surface area contributed by atoms with Crippen LogP contribution < -0.4 is 5.73 Å². The van der Waals surface area contributed by atoms with E-state index in [2.05, 4.69) is 6.58 Å². The second kappa shape index (κ2) is 4.82. The van der Waals surface area contributed by atoms with Crippen molar-refractivity contribution in [2.75, 3.05) is 5.73 Å². The molecule has 2 rings (SSSR count). The highest BCUT2D eigenvalue weighted by Crippen LogP contribution is 2.36. The average Bonchev–Trinajstić information content (AvgIpc) is 2.32. The van der Waals surface area contributed by atoms with Crippen LogP contribution in [0.25, 0.3) is 17.2 Å². The summed E-state index contributed by atoms with van der Waals surface area (Å²) in [7, 11) is 0. The molecule has 2 N–H and O–H groups in total. The van der Waals surface area contributed by atoms with Gasteiger partial charge < -0.3 is 5.73 Å². The van der Waals surface area contributed by atoms with Gasteiger partial charge in [0.2, 0.25) is 0 Å². The van der Waals surface area contributed by atoms with Gasteiger partial charge in [0, 0.05) is 26.9 Å². The Bertz CT molecular complexity index is 576. The van der Waals surface area contributed by atoms with Crippen molar-refractivity contribution in [3.63, 3.8) is 0 Å². The molecule has 0 fully saturated rings. The molecule has 0 aliphatic heterocycles. The van der Waals surface area contributed by atoms with Gasteiger partial charge in [-0.2, -0.15) is 0 Å². The first-order valence-corrected chi connectivity index (χ1v) is 5.85. The predicted octanol–water partition coefficient (Wildman–Crippen LogP) is 4.89. The van der Waals surface area contributed by atoms with Crippen LogP contribution in [-0.4, -0.2) is 0 Å². The Hall–Kier alpha value is -1.44. The van der Waals surface area contributed by atoms with Crippen LogP contribution >= 0.6 is 23.2 Å². The van der Waals surface area contributed by atoms with Crippen molar-refractivity contribution in [1.29, 1.82) is 0 Å². The lowest BCUT2D eigenvalue weighted by Crippen LogP contribution is -1.91. The Balaban J connectivity index is 2.65. The predicted molar refractivity (Wildman–Crippen MR) is 76.4 cm³/mol. The third-order valence-corrected chi connectivity index (χ3v) is 3.20. The molecule has 86 valence electrons. The van der Waals surface area contributed by atoms with Gasteiger partial charge in [-0.05, 0) is 23.8 Å². The number of anilines is 1. The van der Waals surface area contributed by atoms with E-state index in [1.807, 2.05) is 30.3 Å². The van der Waals surface area contributed by atoms with Crippen LogP contribution in [0, 0.1) is 0 Å². The van der Waals surface area contributed by atoms with Crippen molar-refractivity contribution >= 4 is 35.0 Å². The Morgan fingerprint density at radius 2 is 1.71 bits per heavy atom. The van der Waals surface area contributed by atoms with Crippen molar-refractivity contribution in [2.45, 2.75) is 0 Å². The van der Waals surface area contributed by atoms with E-state index in [0.29, 0.717) is 15.7 Å². The summed E-state index contributed by atoms with van der Waals surface area (Å²) in [5.41, 5.74) is 9.09. The van der Waals surface area contributed by atoms with Crippen LogP contribution in [0.2, 0.25) is 10.0 Å². The van der Waals surface area contributed by atoms with Gasteiger partial charge in [0.15, 0.2) is 0 Å². The molecule has 2 aromatic carbocycles. The van der Waals surface area contributed by atoms with Crippen molar-refractivity contribution in [1.82, 2.24) is 0 Å². The lowest BCUT2D eigenvalue weighted by atomic mass is 10.0. The number of hydrogen-bond donors (Lipinski definition) is 1. The van der Waals surface area contributed by atoms with Crippen molar-refractivity contribution in [3.05, 3.63) is 58.6 Å². The Morgan fingerprint density at radius 1 is 1.00 bits per heavy atom. The fourth-order valence-electron chi connectivity index (χ4n) is 1.67. The fourth-order valence-corrected chi connectivity index (χ4v) is 2.18. The highest BCUT2D eigenvalue weighted by molar-refractivity contribution is 6.36. The summed E-state index contributed by atoms with van der Waals surface area (Å²) in [5.74, 6) is 0. The third kappa shape index (κ3) is 2.31. The molecule has 0 atom stereocenters. The number of benzene rings is 2. The maximum absolute atomic E-state index is 6.22. The molecule has 17 heavy (non-hydrogen) atoms. The highest BCUT2D eigenvalue weighted by Gasteiger charge is 2.09. The van der Waals surface area contributed by atoms with E-state index in [4.69, 9.17) is 28.9 Å². The normalized spacial score (nSPS) is 10.2. The number of rotatable bonds is 2. The molecule has 0 aliphatic carbocycles. The largest absolute Gasteiger partial charge is 0.398 e. The van der Waals surface area contributed by atoms with Crippen molar-refractivity contribution < 1.29 is 0 Å². The van der Waals surface area contributed by atoms with Gasteiger partial charge in [-0.25, -0.2) is 0 Å². The van der Waals surface area contributed by atoms with Crippen LogP contribution in [-0.2, 0) is 0 Å². The molecule has 0 heterocycles. The summed E-state index contributed by atoms with van der Waals surface area (Å²) < 4.78 is 0. The maximum Gasteiger partial charge on any atom is 0.0492 e. The van der Waals surface area contributed by atoms with Crippen molar-refractivity contribution in [3.8, 4) is 11.1 Å². The molecule has 3 heteroatoms. The summed E-state index contributed by atoms with van der Waals surface area (Å²) in [4.78, 5) is 0. The minimum atomic E-state index is 0.613. The molecule has 2 aromatic rings. The second-order valence-electron chi connectivity index (χ2n) is 3.64. The topological polar surface area (TPSA) is 26.0 Å². The lowest BCUT2D eigenvalue weighted by Gasteiger charge is -2.10. The Kier molecular flexibility index (Phi) is 3.41. The number of hydrogen-bond acceptors (Lipinski definition) is 1. The van der Waals surface area contributed by atoms with Crippen LogP contribution in [0.15, 0.2) is 43.0 Å². The molecule has 0 unspecified atom stereocenters. The second-order valence-corrected chi connectivity index (χ2v) is 4.46. The first-order valence-electron chi connectivity index (χ1n) is 5.10. The first-order chi connectivity index (χ1) is 8.13. The fraction of sp³-hybridized carbons (Fsp3) is 0. The molecular weight excluding hydrogens is 253 g/mol. The Morgan fingerprint density at radius 3 is 2.35 bits per heavy atom. The molecule has 0 spiro atoms. The summed E-state index contributed by atoms with van der Waals surface area (Å²) >= 11 is 12.4. The van der Waals surface area contributed by atoms with E-state index in [-0.39, 0.29) is 0 Å². The summed E-state index contributed by atoms with van der Waals surface area (Å²) in [6, 6.07) is 11.1. The number of nitrogen functional groups attached to an aromatic ring is 1. The monoisotopic (exact) mass is 263 g/mol. The van der Waals surface area contributed by atoms with Gasteiger partial charge in [0.1, 0.15) is 0 Å². The molecule has 0 aromatic heterocycles. The molecule has 0 saturated heterocycles. The molecule has 0 aliphatic rings. The van der Waals surface area contributed by atoms with Crippen LogP contribution in [0.5, 0.6) is 0 Å². The summed E-state index contributed by atoms with van der Waals surface area (Å²) in [5, 5.41) is 1.27. The molecular formula is C14H11Cl2N. The van der Waals surface area contributed by atoms with Crippen LogP contribution in [0.1, 0.15) is 5.56 Å². The summed E-state index contributed by atoms with van der Waals surface area (Å²) in [6.07, 6.45) is 1.68. The maximum atomic E-state index is 6.22. The average molecular weight is 264 g/mol. The van der Waals surface area contributed by atoms with Gasteiger partial charge >= 0.3 is 0 Å². The zero-order valence-corrected chi connectivity index (χ0v) is 10.6. The van der Waals surface area contributed by atoms with E-state index in [1.54, 1.807) is 12.1 Å². The van der Waals surface area contributed by atoms with Gasteiger partial charge in [0.05, 0.1) is 0 Å². The lowest BCUT2D eigenvalue weighted by molar-refractivity contribution is 1.59. The van der Waals surface area contributed by atoms with Crippen molar-refractivity contribution in [2.24, 2.45) is 0 Å². The first kappa shape index (κ1) is 12.0. The standard InChI is InChI=1S/C14H11Cl2N/c1-2-9-7-13(16)11(8-14(9)17)10-5-3-4-6-12(10)15/h2-8H,1,17H2. The zero-order valence-electron chi connectivity index (χ0n) is 9.08. The minimum Gasteiger partial charge on any atom is -0.398 e. The van der Waals surface area contributed by atoms with Gasteiger partial charge in [-0.3, -0.25) is 0 Å². The van der Waals surface area contributed by atoms with E-state index < -0.39 is 0 Å². The smallest absolute Gasteiger partial charge is 0.0492 e. The summed E-state index contributed by atoms with van der Waals surface area (Å²) in [6.45, 7) is 3.69. The number of halogens is 2. The molecule has 0 amide bonds. The van der Waals surface area contributed by atoms with Gasteiger partial charge in [-0.1, -0.05) is 54.1 Å². The third-order valence-electron chi connectivity index (χ3n) is 2.56. The van der Waals surface area contributed by atoms with Crippen LogP contribution in [0.4, 0.5) is 5.69 Å². The SMILES string of the molecule is C=Cc1cc(Cl)c(-c2ccccc2Cl)cc1N. The quantitative estimate of drug-likeness (QED) is 0.768. The van der Waals surface area contributed by atoms with E-state index in [0.717, 1.165) is 16.7 Å². The number of nitrogens with two attached hydrogens (primary N) is 1. The molecule has 0 radical (unpaired) electrons. The zero-order chi connectivity index (χ0) is 12.4. The minimum absolute atomic E-state index is 0.613. The van der Waals surface area contributed by atoms with Gasteiger partial charge in [0.25, 0.3) is 0 Å². The molecule has 0 bridgehead atoms. The van der Waals surface area contributed by atoms with E-state index in [1.165, 1.54) is 0 Å². The molecule has 0 saturated carbocycles. The van der Waals surface area contributed by atoms with E-state index >= 15 is 0 Å².